The summed E-state index contributed by atoms with van der Waals surface area (Å²) in [5.41, 5.74) is -0.488. The van der Waals surface area contributed by atoms with Gasteiger partial charge in [-0.1, -0.05) is 42.5 Å². The van der Waals surface area contributed by atoms with Crippen LogP contribution in [0.1, 0.15) is 36.0 Å². The molecule has 2 aromatic rings. The number of carbonyl (C=O) groups is 1. The van der Waals surface area contributed by atoms with Crippen LogP contribution in [-0.4, -0.2) is 24.0 Å². The Morgan fingerprint density at radius 2 is 1.79 bits per heavy atom. The minimum absolute atomic E-state index is 0.318. The molecule has 152 valence electrons. The lowest BCUT2D eigenvalue weighted by Gasteiger charge is -2.41. The van der Waals surface area contributed by atoms with Gasteiger partial charge in [-0.15, -0.1) is 0 Å². The number of carbonyl (C=O) groups excluding carboxylic acids is 1. The highest BCUT2D eigenvalue weighted by atomic mass is 19.4. The number of nitriles is 1. The van der Waals surface area contributed by atoms with Crippen molar-refractivity contribution < 1.29 is 22.7 Å². The Morgan fingerprint density at radius 1 is 1.10 bits per heavy atom. The summed E-state index contributed by atoms with van der Waals surface area (Å²) in [6.45, 7) is 1.83. The summed E-state index contributed by atoms with van der Waals surface area (Å²) in [7, 11) is 0. The van der Waals surface area contributed by atoms with Gasteiger partial charge in [-0.2, -0.15) is 18.4 Å². The lowest BCUT2D eigenvalue weighted by atomic mass is 9.83. The van der Waals surface area contributed by atoms with Crippen molar-refractivity contribution in [3.8, 4) is 6.07 Å². The van der Waals surface area contributed by atoms with Crippen LogP contribution < -0.4 is 0 Å². The number of rotatable bonds is 5. The van der Waals surface area contributed by atoms with E-state index in [1.54, 1.807) is 12.1 Å². The Morgan fingerprint density at radius 3 is 2.41 bits per heavy atom. The minimum atomic E-state index is -4.48. The van der Waals surface area contributed by atoms with E-state index < -0.39 is 29.7 Å². The standard InChI is InChI=1S/C22H21F3N2O2/c23-22(24,25)19-8-4-7-18(15-19)21(29-20(28)9-12-26)10-13-27(14-11-21)16-17-5-2-1-3-6-17/h1-8,15H,9-11,13-14,16H2. The van der Waals surface area contributed by atoms with E-state index in [1.807, 2.05) is 30.3 Å². The smallest absolute Gasteiger partial charge is 0.416 e. The van der Waals surface area contributed by atoms with Crippen molar-refractivity contribution in [1.82, 2.24) is 4.90 Å². The number of halogens is 3. The van der Waals surface area contributed by atoms with Gasteiger partial charge < -0.3 is 4.74 Å². The van der Waals surface area contributed by atoms with Gasteiger partial charge in [0.05, 0.1) is 11.6 Å². The van der Waals surface area contributed by atoms with Crippen LogP contribution in [0.4, 0.5) is 13.2 Å². The zero-order valence-electron chi connectivity index (χ0n) is 15.8. The first-order chi connectivity index (χ1) is 13.8. The Labute approximate surface area is 167 Å². The predicted molar refractivity (Wildman–Crippen MR) is 100 cm³/mol. The summed E-state index contributed by atoms with van der Waals surface area (Å²) in [5.74, 6) is -0.721. The maximum absolute atomic E-state index is 13.2. The molecule has 1 aliphatic heterocycles. The van der Waals surface area contributed by atoms with Crippen LogP contribution in [0.15, 0.2) is 54.6 Å². The van der Waals surface area contributed by atoms with E-state index in [-0.39, 0.29) is 0 Å². The molecule has 0 aromatic heterocycles. The minimum Gasteiger partial charge on any atom is -0.453 e. The second kappa shape index (κ2) is 8.66. The zero-order chi connectivity index (χ0) is 20.9. The fraction of sp³-hybridized carbons (Fsp3) is 0.364. The maximum atomic E-state index is 13.2. The van der Waals surface area contributed by atoms with Gasteiger partial charge in [0.1, 0.15) is 12.0 Å². The van der Waals surface area contributed by atoms with Crippen molar-refractivity contribution in [3.05, 3.63) is 71.3 Å². The lowest BCUT2D eigenvalue weighted by Crippen LogP contribution is -2.45. The molecule has 0 spiro atoms. The Balaban J connectivity index is 1.83. The van der Waals surface area contributed by atoms with Crippen molar-refractivity contribution in [2.24, 2.45) is 0 Å². The molecule has 1 fully saturated rings. The number of hydrogen-bond acceptors (Lipinski definition) is 4. The topological polar surface area (TPSA) is 53.3 Å². The molecule has 2 aromatic carbocycles. The van der Waals surface area contributed by atoms with E-state index in [4.69, 9.17) is 10.00 Å². The van der Waals surface area contributed by atoms with E-state index in [2.05, 4.69) is 4.90 Å². The van der Waals surface area contributed by atoms with Crippen LogP contribution >= 0.6 is 0 Å². The third-order valence-electron chi connectivity index (χ3n) is 5.16. The third kappa shape index (κ3) is 5.15. The molecule has 1 aliphatic rings. The SMILES string of the molecule is N#CCC(=O)OC1(c2cccc(C(F)(F)F)c2)CCN(Cc2ccccc2)CC1. The van der Waals surface area contributed by atoms with Crippen LogP contribution in [0.3, 0.4) is 0 Å². The molecule has 1 saturated heterocycles. The number of esters is 1. The van der Waals surface area contributed by atoms with Crippen LogP contribution in [0.2, 0.25) is 0 Å². The van der Waals surface area contributed by atoms with E-state index in [1.165, 1.54) is 6.07 Å². The first kappa shape index (κ1) is 20.9. The number of ether oxygens (including phenoxy) is 1. The largest absolute Gasteiger partial charge is 0.453 e. The predicted octanol–water partition coefficient (Wildman–Crippen LogP) is 4.65. The average Bonchev–Trinajstić information content (AvgIpc) is 2.70. The highest BCUT2D eigenvalue weighted by Crippen LogP contribution is 2.40. The molecule has 0 radical (unpaired) electrons. The van der Waals surface area contributed by atoms with Crippen LogP contribution in [-0.2, 0) is 27.9 Å². The van der Waals surface area contributed by atoms with Gasteiger partial charge in [0, 0.05) is 32.5 Å². The molecule has 4 nitrogen and oxygen atoms in total. The summed E-state index contributed by atoms with van der Waals surface area (Å²) in [6, 6.07) is 16.5. The summed E-state index contributed by atoms with van der Waals surface area (Å²) in [4.78, 5) is 14.2. The van der Waals surface area contributed by atoms with Crippen LogP contribution in [0, 0.1) is 11.3 Å². The van der Waals surface area contributed by atoms with Gasteiger partial charge in [0.2, 0.25) is 0 Å². The first-order valence-electron chi connectivity index (χ1n) is 9.35. The third-order valence-corrected chi connectivity index (χ3v) is 5.16. The number of piperidine rings is 1. The Bertz CT molecular complexity index is 883. The molecule has 0 aliphatic carbocycles. The fourth-order valence-corrected chi connectivity index (χ4v) is 3.66. The van der Waals surface area contributed by atoms with Crippen molar-refractivity contribution in [2.75, 3.05) is 13.1 Å². The maximum Gasteiger partial charge on any atom is 0.416 e. The van der Waals surface area contributed by atoms with Gasteiger partial charge in [-0.3, -0.25) is 9.69 Å². The summed E-state index contributed by atoms with van der Waals surface area (Å²) in [5, 5.41) is 8.77. The molecule has 0 bridgehead atoms. The van der Waals surface area contributed by atoms with Crippen molar-refractivity contribution in [3.63, 3.8) is 0 Å². The summed E-state index contributed by atoms with van der Waals surface area (Å²) in [6.07, 6.45) is -4.20. The van der Waals surface area contributed by atoms with Gasteiger partial charge in [-0.05, 0) is 23.3 Å². The van der Waals surface area contributed by atoms with Crippen molar-refractivity contribution >= 4 is 5.97 Å². The highest BCUT2D eigenvalue weighted by Gasteiger charge is 2.41. The van der Waals surface area contributed by atoms with E-state index in [0.717, 1.165) is 17.7 Å². The van der Waals surface area contributed by atoms with Crippen molar-refractivity contribution in [1.29, 1.82) is 5.26 Å². The second-order valence-corrected chi connectivity index (χ2v) is 7.14. The fourth-order valence-electron chi connectivity index (χ4n) is 3.66. The highest BCUT2D eigenvalue weighted by molar-refractivity contribution is 5.72. The van der Waals surface area contributed by atoms with Crippen molar-refractivity contribution in [2.45, 2.75) is 37.6 Å². The number of nitrogens with zero attached hydrogens (tertiary/aromatic N) is 2. The molecule has 7 heteroatoms. The van der Waals surface area contributed by atoms with Gasteiger partial charge >= 0.3 is 12.1 Å². The monoisotopic (exact) mass is 402 g/mol. The zero-order valence-corrected chi connectivity index (χ0v) is 15.8. The Kier molecular flexibility index (Phi) is 6.23. The molecule has 3 rings (SSSR count). The normalized spacial score (nSPS) is 16.8. The molecule has 0 atom stereocenters. The number of alkyl halides is 3. The quantitative estimate of drug-likeness (QED) is 0.683. The number of benzene rings is 2. The second-order valence-electron chi connectivity index (χ2n) is 7.14. The number of likely N-dealkylation sites (tertiary alicyclic amines) is 1. The molecular weight excluding hydrogens is 381 g/mol. The van der Waals surface area contributed by atoms with Gasteiger partial charge in [-0.25, -0.2) is 0 Å². The molecular formula is C22H21F3N2O2. The summed E-state index contributed by atoms with van der Waals surface area (Å²) >= 11 is 0. The molecule has 0 amide bonds. The molecule has 29 heavy (non-hydrogen) atoms. The Hall–Kier alpha value is -2.85. The van der Waals surface area contributed by atoms with E-state index in [0.29, 0.717) is 38.0 Å². The van der Waals surface area contributed by atoms with Gasteiger partial charge in [0.15, 0.2) is 0 Å². The molecule has 0 N–H and O–H groups in total. The molecule has 1 heterocycles. The first-order valence-corrected chi connectivity index (χ1v) is 9.35. The van der Waals surface area contributed by atoms with Crippen LogP contribution in [0.5, 0.6) is 0 Å². The van der Waals surface area contributed by atoms with E-state index in [9.17, 15) is 18.0 Å². The average molecular weight is 402 g/mol. The molecule has 0 unspecified atom stereocenters. The molecule has 0 saturated carbocycles. The lowest BCUT2D eigenvalue weighted by molar-refractivity contribution is -0.166. The van der Waals surface area contributed by atoms with E-state index >= 15 is 0 Å². The van der Waals surface area contributed by atoms with Crippen LogP contribution in [0.25, 0.3) is 0 Å². The summed E-state index contributed by atoms with van der Waals surface area (Å²) < 4.78 is 45.2. The number of hydrogen-bond donors (Lipinski definition) is 0. The van der Waals surface area contributed by atoms with Gasteiger partial charge in [0.25, 0.3) is 0 Å².